The minimum Gasteiger partial charge on any atom is -0.389 e. The fourth-order valence-electron chi connectivity index (χ4n) is 2.42. The van der Waals surface area contributed by atoms with E-state index in [1.165, 1.54) is 0 Å². The third-order valence-corrected chi connectivity index (χ3v) is 5.02. The van der Waals surface area contributed by atoms with Crippen LogP contribution in [0.2, 0.25) is 0 Å². The van der Waals surface area contributed by atoms with Gasteiger partial charge in [0.2, 0.25) is 0 Å². The number of aromatic nitrogens is 4. The van der Waals surface area contributed by atoms with Crippen LogP contribution in [-0.4, -0.2) is 62.9 Å². The molecule has 1 aliphatic rings. The molecule has 6 N–H and O–H groups in total. The van der Waals surface area contributed by atoms with Crippen LogP contribution in [0.15, 0.2) is 6.33 Å². The summed E-state index contributed by atoms with van der Waals surface area (Å²) in [5.74, 6) is -2.52. The van der Waals surface area contributed by atoms with Gasteiger partial charge in [0, 0.05) is 0 Å². The van der Waals surface area contributed by atoms with E-state index in [0.717, 1.165) is 10.9 Å². The van der Waals surface area contributed by atoms with Crippen molar-refractivity contribution in [3.8, 4) is 0 Å². The van der Waals surface area contributed by atoms with Gasteiger partial charge in [-0.25, -0.2) is 4.98 Å². The summed E-state index contributed by atoms with van der Waals surface area (Å²) in [5, 5.41) is 18.4. The molecule has 2 aromatic rings. The van der Waals surface area contributed by atoms with Crippen LogP contribution in [0.25, 0.3) is 11.2 Å². The molecule has 1 unspecified atom stereocenters. The molecule has 0 saturated carbocycles. The highest BCUT2D eigenvalue weighted by atomic mass is 35.5. The number of rotatable bonds is 3. The van der Waals surface area contributed by atoms with Crippen molar-refractivity contribution in [3.05, 3.63) is 12.4 Å². The second kappa shape index (κ2) is 5.85. The van der Waals surface area contributed by atoms with Crippen molar-refractivity contribution in [1.82, 2.24) is 19.5 Å². The molecule has 0 aliphatic carbocycles. The van der Waals surface area contributed by atoms with Crippen LogP contribution in [-0.2, 0) is 9.30 Å². The zero-order valence-electron chi connectivity index (χ0n) is 11.6. The first kappa shape index (κ1) is 17.4. The van der Waals surface area contributed by atoms with Crippen LogP contribution in [0.3, 0.4) is 0 Å². The molecule has 0 amide bonds. The highest BCUT2D eigenvalue weighted by Crippen LogP contribution is 2.47. The number of nitrogens with zero attached hydrogens (tertiary/aromatic N) is 4. The van der Waals surface area contributed by atoms with Gasteiger partial charge in [0.05, 0.1) is 6.33 Å². The fraction of sp³-hybridized carbons (Fsp3) is 0.500. The minimum atomic E-state index is -4.96. The Morgan fingerprint density at radius 2 is 2.12 bits per heavy atom. The quantitative estimate of drug-likeness (QED) is 0.248. The largest absolute Gasteiger partial charge is 0.389 e. The van der Waals surface area contributed by atoms with Crippen molar-refractivity contribution < 1.29 is 33.7 Å². The van der Waals surface area contributed by atoms with Crippen molar-refractivity contribution in [1.29, 1.82) is 0 Å². The van der Waals surface area contributed by atoms with Crippen LogP contribution in [0, 0.1) is 6.08 Å². The van der Waals surface area contributed by atoms with E-state index in [2.05, 4.69) is 15.0 Å². The van der Waals surface area contributed by atoms with Crippen LogP contribution >= 0.6 is 19.2 Å². The summed E-state index contributed by atoms with van der Waals surface area (Å²) in [6, 6.07) is 0. The third kappa shape index (κ3) is 2.75. The maximum Gasteiger partial charge on any atom is 0.356 e. The number of ether oxygens (including phenoxy) is 1. The van der Waals surface area contributed by atoms with Gasteiger partial charge in [-0.3, -0.25) is 9.13 Å². The van der Waals surface area contributed by atoms with Gasteiger partial charge >= 0.3 is 13.7 Å². The van der Waals surface area contributed by atoms with E-state index in [0.29, 0.717) is 0 Å². The molecule has 3 rings (SSSR count). The predicted octanol–water partition coefficient (Wildman–Crippen LogP) is -1.09. The monoisotopic (exact) mass is 383 g/mol. The van der Waals surface area contributed by atoms with Gasteiger partial charge < -0.3 is 30.5 Å². The van der Waals surface area contributed by atoms with E-state index in [4.69, 9.17) is 31.9 Å². The first-order valence-corrected chi connectivity index (χ1v) is 8.59. The third-order valence-electron chi connectivity index (χ3n) is 3.57. The first-order chi connectivity index (χ1) is 11.1. The fourth-order valence-corrected chi connectivity index (χ4v) is 3.37. The molecule has 0 aromatic carbocycles. The van der Waals surface area contributed by atoms with Crippen LogP contribution in [0.5, 0.6) is 0 Å². The summed E-state index contributed by atoms with van der Waals surface area (Å²) in [7, 11) is -4.96. The second-order valence-electron chi connectivity index (χ2n) is 5.13. The zero-order valence-corrected chi connectivity index (χ0v) is 13.3. The summed E-state index contributed by atoms with van der Waals surface area (Å²) in [4.78, 5) is 28.8. The molecule has 5 atom stereocenters. The van der Waals surface area contributed by atoms with Crippen LogP contribution in [0.4, 0.5) is 10.2 Å². The zero-order chi connectivity index (χ0) is 17.8. The number of halogens is 2. The van der Waals surface area contributed by atoms with Crippen molar-refractivity contribution in [2.75, 3.05) is 5.73 Å². The number of nitrogens with two attached hydrogens (primary N) is 1. The first-order valence-electron chi connectivity index (χ1n) is 6.47. The lowest BCUT2D eigenvalue weighted by atomic mass is 10.2. The Bertz CT molecular complexity index is 831. The summed E-state index contributed by atoms with van der Waals surface area (Å²) in [5.41, 5.74) is 5.49. The number of aliphatic hydroxyl groups is 2. The maximum absolute atomic E-state index is 13.4. The topological polar surface area (TPSA) is 177 Å². The van der Waals surface area contributed by atoms with Crippen molar-refractivity contribution in [2.24, 2.45) is 0 Å². The van der Waals surface area contributed by atoms with Gasteiger partial charge in [0.1, 0.15) is 17.6 Å². The standard InChI is InChI=1S/C10H12ClFN5O6P/c11-2-4(18)5(9(19)24(20,21)22)23-8(2)17-1-14-3-6(13)15-10(12)16-7(3)17/h1-2,4-5,8-9,18-19H,(H2,13,15,16)(H2,20,21,22)/t2-,4-,5-,8+,9?/m0/s1. The van der Waals surface area contributed by atoms with Gasteiger partial charge in [-0.05, 0) is 0 Å². The average Bonchev–Trinajstić information content (AvgIpc) is 3.00. The summed E-state index contributed by atoms with van der Waals surface area (Å²) < 4.78 is 30.9. The Labute approximate surface area is 138 Å². The molecule has 1 saturated heterocycles. The Hall–Kier alpha value is -1.40. The second-order valence-corrected chi connectivity index (χ2v) is 7.34. The Balaban J connectivity index is 2.00. The van der Waals surface area contributed by atoms with Gasteiger partial charge in [0.15, 0.2) is 29.1 Å². The Morgan fingerprint density at radius 3 is 2.75 bits per heavy atom. The normalized spacial score (nSPS) is 29.2. The highest BCUT2D eigenvalue weighted by molar-refractivity contribution is 7.52. The highest BCUT2D eigenvalue weighted by Gasteiger charge is 2.51. The van der Waals surface area contributed by atoms with Crippen LogP contribution < -0.4 is 5.73 Å². The average molecular weight is 384 g/mol. The Morgan fingerprint density at radius 1 is 1.46 bits per heavy atom. The van der Waals surface area contributed by atoms with Crippen LogP contribution in [0.1, 0.15) is 6.23 Å². The molecule has 0 bridgehead atoms. The molecule has 11 nitrogen and oxygen atoms in total. The number of aliphatic hydroxyl groups excluding tert-OH is 2. The molecule has 1 aliphatic heterocycles. The number of anilines is 1. The lowest BCUT2D eigenvalue weighted by Crippen LogP contribution is -2.36. The molecule has 14 heteroatoms. The molecule has 0 spiro atoms. The molecule has 132 valence electrons. The van der Waals surface area contributed by atoms with Gasteiger partial charge in [-0.2, -0.15) is 14.4 Å². The smallest absolute Gasteiger partial charge is 0.356 e. The maximum atomic E-state index is 13.4. The number of hydrogen-bond acceptors (Lipinski definition) is 8. The lowest BCUT2D eigenvalue weighted by Gasteiger charge is -2.21. The molecular formula is C10H12ClFN5O6P. The number of alkyl halides is 1. The van der Waals surface area contributed by atoms with Gasteiger partial charge in [-0.1, -0.05) is 0 Å². The summed E-state index contributed by atoms with van der Waals surface area (Å²) >= 11 is 6.03. The van der Waals surface area contributed by atoms with E-state index < -0.39 is 43.3 Å². The van der Waals surface area contributed by atoms with Crippen molar-refractivity contribution in [2.45, 2.75) is 29.7 Å². The van der Waals surface area contributed by atoms with E-state index >= 15 is 0 Å². The molecule has 2 aromatic heterocycles. The molecule has 1 fully saturated rings. The Kier molecular flexibility index (Phi) is 4.24. The van der Waals surface area contributed by atoms with Crippen molar-refractivity contribution >= 4 is 36.2 Å². The predicted molar refractivity (Wildman–Crippen MR) is 77.3 cm³/mol. The van der Waals surface area contributed by atoms with E-state index in [1.54, 1.807) is 0 Å². The summed E-state index contributed by atoms with van der Waals surface area (Å²) in [6.07, 6.45) is -4.49. The van der Waals surface area contributed by atoms with E-state index in [9.17, 15) is 19.2 Å². The SMILES string of the molecule is Nc1nc(F)nc2c1ncn2[C@@H]1O[C@H](C(O)P(=O)(O)O)[C@@H](O)[C@@H]1Cl. The van der Waals surface area contributed by atoms with Gasteiger partial charge in [0.25, 0.3) is 0 Å². The minimum absolute atomic E-state index is 0.0531. The summed E-state index contributed by atoms with van der Waals surface area (Å²) in [6.45, 7) is 0. The van der Waals surface area contributed by atoms with Crippen molar-refractivity contribution in [3.63, 3.8) is 0 Å². The lowest BCUT2D eigenvalue weighted by molar-refractivity contribution is -0.0621. The number of nitrogen functional groups attached to an aromatic ring is 1. The molecular weight excluding hydrogens is 372 g/mol. The number of imidazole rings is 1. The molecule has 3 heterocycles. The molecule has 24 heavy (non-hydrogen) atoms. The molecule has 0 radical (unpaired) electrons. The van der Waals surface area contributed by atoms with E-state index in [-0.39, 0.29) is 17.0 Å². The van der Waals surface area contributed by atoms with E-state index in [1.807, 2.05) is 0 Å². The number of fused-ring (bicyclic) bond motifs is 1. The van der Waals surface area contributed by atoms with Gasteiger partial charge in [-0.15, -0.1) is 11.6 Å². The number of hydrogen-bond donors (Lipinski definition) is 5.